The van der Waals surface area contributed by atoms with Crippen molar-refractivity contribution in [3.05, 3.63) is 0 Å². The Morgan fingerprint density at radius 3 is 1.54 bits per heavy atom. The molecule has 0 atom stereocenters. The summed E-state index contributed by atoms with van der Waals surface area (Å²) in [6, 6.07) is 0. The SMILES string of the molecule is CCCCCCCCCCCCCCCCCC(=O)N(O)N=C=O. The number of hydrazone groups is 1. The van der Waals surface area contributed by atoms with Gasteiger partial charge in [-0.2, -0.15) is 0 Å². The summed E-state index contributed by atoms with van der Waals surface area (Å²) in [6.07, 6.45) is 20.4. The fraction of sp³-hybridized carbons (Fsp3) is 0.895. The molecule has 0 fully saturated rings. The highest BCUT2D eigenvalue weighted by Crippen LogP contribution is 2.13. The number of hydrogen-bond acceptors (Lipinski definition) is 4. The topological polar surface area (TPSA) is 70.0 Å². The molecule has 24 heavy (non-hydrogen) atoms. The van der Waals surface area contributed by atoms with E-state index in [9.17, 15) is 9.59 Å². The van der Waals surface area contributed by atoms with Crippen LogP contribution in [0.3, 0.4) is 0 Å². The van der Waals surface area contributed by atoms with Crippen molar-refractivity contribution in [1.29, 1.82) is 0 Å². The number of hydrogen-bond donors (Lipinski definition) is 1. The second-order valence-corrected chi connectivity index (χ2v) is 6.57. The summed E-state index contributed by atoms with van der Waals surface area (Å²) in [4.78, 5) is 21.2. The van der Waals surface area contributed by atoms with Gasteiger partial charge in [0.05, 0.1) is 0 Å². The standard InChI is InChI=1S/C19H36N2O3/c1-2-3-4-5-6-7-8-9-10-11-12-13-14-15-16-17-19(23)21(24)20-18-22/h24H,2-17H2,1H3. The molecule has 0 heterocycles. The molecule has 0 aromatic rings. The Labute approximate surface area is 147 Å². The smallest absolute Gasteiger partial charge is 0.269 e. The van der Waals surface area contributed by atoms with Gasteiger partial charge in [0.1, 0.15) is 0 Å². The molecule has 1 N–H and O–H groups in total. The molecule has 0 unspecified atom stereocenters. The number of carbonyl (C=O) groups excluding carboxylic acids is 2. The first-order valence-electron chi connectivity index (χ1n) is 9.82. The van der Waals surface area contributed by atoms with Gasteiger partial charge in [-0.3, -0.25) is 10.0 Å². The lowest BCUT2D eigenvalue weighted by atomic mass is 10.0. The minimum absolute atomic E-state index is 0.0802. The van der Waals surface area contributed by atoms with E-state index in [1.807, 2.05) is 0 Å². The van der Waals surface area contributed by atoms with Crippen molar-refractivity contribution in [2.24, 2.45) is 5.10 Å². The summed E-state index contributed by atoms with van der Waals surface area (Å²) in [6.45, 7) is 2.26. The maximum Gasteiger partial charge on any atom is 0.269 e. The van der Waals surface area contributed by atoms with Gasteiger partial charge >= 0.3 is 0 Å². The van der Waals surface area contributed by atoms with E-state index in [-0.39, 0.29) is 11.6 Å². The van der Waals surface area contributed by atoms with E-state index in [4.69, 9.17) is 5.21 Å². The number of unbranched alkanes of at least 4 members (excludes halogenated alkanes) is 14. The van der Waals surface area contributed by atoms with Crippen molar-refractivity contribution in [1.82, 2.24) is 5.17 Å². The van der Waals surface area contributed by atoms with Crippen LogP contribution in [0.4, 0.5) is 0 Å². The van der Waals surface area contributed by atoms with Crippen LogP contribution in [-0.4, -0.2) is 22.4 Å². The maximum atomic E-state index is 11.3. The van der Waals surface area contributed by atoms with E-state index in [1.165, 1.54) is 77.0 Å². The van der Waals surface area contributed by atoms with Gasteiger partial charge in [0.15, 0.2) is 0 Å². The monoisotopic (exact) mass is 340 g/mol. The zero-order valence-corrected chi connectivity index (χ0v) is 15.5. The number of rotatable bonds is 17. The second-order valence-electron chi connectivity index (χ2n) is 6.57. The fourth-order valence-electron chi connectivity index (χ4n) is 2.84. The highest BCUT2D eigenvalue weighted by Gasteiger charge is 2.08. The van der Waals surface area contributed by atoms with Crippen molar-refractivity contribution >= 4 is 12.0 Å². The van der Waals surface area contributed by atoms with Crippen molar-refractivity contribution in [3.63, 3.8) is 0 Å². The van der Waals surface area contributed by atoms with Gasteiger partial charge in [-0.15, -0.1) is 0 Å². The molecule has 5 nitrogen and oxygen atoms in total. The van der Waals surface area contributed by atoms with Crippen molar-refractivity contribution in [2.45, 2.75) is 110 Å². The minimum atomic E-state index is -0.548. The molecule has 0 aromatic heterocycles. The van der Waals surface area contributed by atoms with Gasteiger partial charge in [-0.1, -0.05) is 107 Å². The fourth-order valence-corrected chi connectivity index (χ4v) is 2.84. The molecule has 0 rings (SSSR count). The van der Waals surface area contributed by atoms with Crippen LogP contribution in [-0.2, 0) is 9.59 Å². The van der Waals surface area contributed by atoms with Crippen LogP contribution >= 0.6 is 0 Å². The molecule has 0 saturated carbocycles. The molecular weight excluding hydrogens is 304 g/mol. The average Bonchev–Trinajstić information content (AvgIpc) is 2.58. The summed E-state index contributed by atoms with van der Waals surface area (Å²) in [7, 11) is 0. The van der Waals surface area contributed by atoms with Crippen LogP contribution in [0.1, 0.15) is 110 Å². The number of carbonyl (C=O) groups is 1. The van der Waals surface area contributed by atoms with E-state index in [0.717, 1.165) is 25.3 Å². The largest absolute Gasteiger partial charge is 0.270 e. The predicted octanol–water partition coefficient (Wildman–Crippen LogP) is 5.72. The van der Waals surface area contributed by atoms with Gasteiger partial charge in [0.2, 0.25) is 0 Å². The Bertz CT molecular complexity index is 342. The van der Waals surface area contributed by atoms with Gasteiger partial charge in [0.25, 0.3) is 12.0 Å². The molecule has 0 aliphatic heterocycles. The average molecular weight is 341 g/mol. The zero-order chi connectivity index (χ0) is 17.9. The number of nitrogens with zero attached hydrogens (tertiary/aromatic N) is 2. The number of amides is 1. The third-order valence-corrected chi connectivity index (χ3v) is 4.35. The molecule has 0 spiro atoms. The Hall–Kier alpha value is -1.19. The van der Waals surface area contributed by atoms with E-state index in [1.54, 1.807) is 0 Å². The summed E-state index contributed by atoms with van der Waals surface area (Å²) >= 11 is 0. The Kier molecular flexibility index (Phi) is 17.3. The maximum absolute atomic E-state index is 11.3. The Morgan fingerprint density at radius 1 is 0.792 bits per heavy atom. The van der Waals surface area contributed by atoms with Crippen LogP contribution in [0.2, 0.25) is 0 Å². The highest BCUT2D eigenvalue weighted by molar-refractivity contribution is 5.74. The number of isocyanates is 1. The third-order valence-electron chi connectivity index (χ3n) is 4.35. The lowest BCUT2D eigenvalue weighted by Gasteiger charge is -2.06. The quantitative estimate of drug-likeness (QED) is 0.121. The normalized spacial score (nSPS) is 10.4. The van der Waals surface area contributed by atoms with Gasteiger partial charge in [-0.25, -0.2) is 4.79 Å². The first-order chi connectivity index (χ1) is 11.7. The number of hydroxylamine groups is 1. The van der Waals surface area contributed by atoms with Crippen LogP contribution in [0.15, 0.2) is 5.10 Å². The lowest BCUT2D eigenvalue weighted by Crippen LogP contribution is -2.20. The summed E-state index contributed by atoms with van der Waals surface area (Å²) in [5.41, 5.74) is 0. The van der Waals surface area contributed by atoms with Gasteiger partial charge in [-0.05, 0) is 6.42 Å². The van der Waals surface area contributed by atoms with E-state index >= 15 is 0 Å². The van der Waals surface area contributed by atoms with Crippen molar-refractivity contribution < 1.29 is 14.8 Å². The molecule has 0 aromatic carbocycles. The van der Waals surface area contributed by atoms with Crippen LogP contribution in [0.5, 0.6) is 0 Å². The molecular formula is C19H36N2O3. The van der Waals surface area contributed by atoms with Gasteiger partial charge < -0.3 is 0 Å². The zero-order valence-electron chi connectivity index (χ0n) is 15.5. The van der Waals surface area contributed by atoms with Crippen molar-refractivity contribution in [2.75, 3.05) is 0 Å². The molecule has 0 aliphatic rings. The van der Waals surface area contributed by atoms with E-state index in [0.29, 0.717) is 0 Å². The first kappa shape index (κ1) is 22.8. The molecule has 1 amide bonds. The molecule has 0 radical (unpaired) electrons. The molecule has 0 aliphatic carbocycles. The minimum Gasteiger partial charge on any atom is -0.270 e. The van der Waals surface area contributed by atoms with Crippen LogP contribution < -0.4 is 0 Å². The molecule has 0 bridgehead atoms. The summed E-state index contributed by atoms with van der Waals surface area (Å²) in [5.74, 6) is -0.548. The third kappa shape index (κ3) is 15.7. The lowest BCUT2D eigenvalue weighted by molar-refractivity contribution is -0.165. The highest BCUT2D eigenvalue weighted by atomic mass is 16.5. The van der Waals surface area contributed by atoms with Crippen LogP contribution in [0.25, 0.3) is 0 Å². The second kappa shape index (κ2) is 18.2. The van der Waals surface area contributed by atoms with Crippen LogP contribution in [0, 0.1) is 0 Å². The Balaban J connectivity index is 3.18. The first-order valence-corrected chi connectivity index (χ1v) is 9.82. The summed E-state index contributed by atoms with van der Waals surface area (Å²) in [5, 5.41) is 11.9. The molecule has 5 heteroatoms. The Morgan fingerprint density at radius 2 is 1.17 bits per heavy atom. The van der Waals surface area contributed by atoms with E-state index in [2.05, 4.69) is 12.0 Å². The van der Waals surface area contributed by atoms with Crippen molar-refractivity contribution in [3.8, 4) is 0 Å². The predicted molar refractivity (Wildman–Crippen MR) is 96.3 cm³/mol. The molecule has 0 saturated heterocycles. The summed E-state index contributed by atoms with van der Waals surface area (Å²) < 4.78 is 0. The van der Waals surface area contributed by atoms with E-state index < -0.39 is 5.91 Å². The van der Waals surface area contributed by atoms with Gasteiger partial charge in [0, 0.05) is 6.42 Å². The molecule has 140 valence electrons.